The molecule has 0 aromatic heterocycles. The fourth-order valence-electron chi connectivity index (χ4n) is 1.27. The van der Waals surface area contributed by atoms with Crippen molar-refractivity contribution >= 4 is 5.78 Å². The first kappa shape index (κ1) is 13.4. The van der Waals surface area contributed by atoms with E-state index < -0.39 is 0 Å². The van der Waals surface area contributed by atoms with Crippen molar-refractivity contribution in [3.05, 3.63) is 47.2 Å². The number of hydrogen-bond acceptors (Lipinski definition) is 2. The molecule has 1 aromatic carbocycles. The average Bonchev–Trinajstić information content (AvgIpc) is 2.03. The molecule has 0 heterocycles. The zero-order valence-corrected chi connectivity index (χ0v) is 10.7. The van der Waals surface area contributed by atoms with Gasteiger partial charge < -0.3 is 5.11 Å². The first-order valence-corrected chi connectivity index (χ1v) is 4.04. The van der Waals surface area contributed by atoms with Crippen LogP contribution in [0.1, 0.15) is 21.5 Å². The van der Waals surface area contributed by atoms with E-state index in [2.05, 4.69) is 0 Å². The van der Waals surface area contributed by atoms with Crippen LogP contribution < -0.4 is 34.7 Å². The van der Waals surface area contributed by atoms with Crippen molar-refractivity contribution in [2.45, 2.75) is 13.8 Å². The van der Waals surface area contributed by atoms with Gasteiger partial charge in [0.2, 0.25) is 0 Å². The number of aryl methyl sites for hydroxylation is 2. The van der Waals surface area contributed by atoms with Crippen molar-refractivity contribution in [3.8, 4) is 0 Å². The molecule has 68 valence electrons. The zero-order chi connectivity index (χ0) is 9.84. The predicted octanol–water partition coefficient (Wildman–Crippen LogP) is -1.64. The molecular weight excluding hydrogens is 187 g/mol. The van der Waals surface area contributed by atoms with Crippen molar-refractivity contribution in [2.75, 3.05) is 0 Å². The summed E-state index contributed by atoms with van der Waals surface area (Å²) >= 11 is 0. The van der Waals surface area contributed by atoms with E-state index in [9.17, 15) is 9.90 Å². The van der Waals surface area contributed by atoms with Crippen LogP contribution in [0.3, 0.4) is 0 Å². The molecule has 0 aliphatic rings. The molecule has 0 fully saturated rings. The molecule has 0 aliphatic heterocycles. The molecule has 0 bridgehead atoms. The molecule has 0 spiro atoms. The van der Waals surface area contributed by atoms with Crippen LogP contribution in [-0.4, -0.2) is 5.78 Å². The molecule has 1 rings (SSSR count). The third-order valence-electron chi connectivity index (χ3n) is 1.73. The molecule has 0 saturated carbocycles. The Bertz CT molecular complexity index is 336. The zero-order valence-electron chi connectivity index (χ0n) is 8.70. The van der Waals surface area contributed by atoms with Crippen molar-refractivity contribution in [3.63, 3.8) is 0 Å². The molecule has 1 aromatic rings. The van der Waals surface area contributed by atoms with E-state index in [0.717, 1.165) is 17.2 Å². The molecule has 3 heteroatoms. The maximum atomic E-state index is 11.3. The normalized spacial score (nSPS) is 9.86. The fourth-order valence-corrected chi connectivity index (χ4v) is 1.27. The van der Waals surface area contributed by atoms with Gasteiger partial charge in [-0.1, -0.05) is 17.2 Å². The Hall–Kier alpha value is -0.570. The summed E-state index contributed by atoms with van der Waals surface area (Å²) in [4.78, 5) is 11.3. The van der Waals surface area contributed by atoms with Crippen LogP contribution in [0.5, 0.6) is 0 Å². The van der Waals surface area contributed by atoms with E-state index in [4.69, 9.17) is 0 Å². The van der Waals surface area contributed by atoms with Crippen LogP contribution in [-0.2, 0) is 0 Å². The second-order valence-corrected chi connectivity index (χ2v) is 3.04. The van der Waals surface area contributed by atoms with Crippen LogP contribution in [0.2, 0.25) is 0 Å². The summed E-state index contributed by atoms with van der Waals surface area (Å²) in [7, 11) is 0. The van der Waals surface area contributed by atoms with Crippen LogP contribution in [0.15, 0.2) is 30.5 Å². The Labute approximate surface area is 106 Å². The number of hydrogen-bond donors (Lipinski definition) is 0. The van der Waals surface area contributed by atoms with E-state index in [-0.39, 0.29) is 35.3 Å². The van der Waals surface area contributed by atoms with Crippen molar-refractivity contribution < 1.29 is 39.5 Å². The smallest absolute Gasteiger partial charge is 0.878 e. The van der Waals surface area contributed by atoms with E-state index in [1.807, 2.05) is 19.9 Å². The van der Waals surface area contributed by atoms with Gasteiger partial charge in [-0.3, -0.25) is 4.79 Å². The summed E-state index contributed by atoms with van der Waals surface area (Å²) in [5, 5.41) is 10.1. The minimum absolute atomic E-state index is 0. The second kappa shape index (κ2) is 6.02. The van der Waals surface area contributed by atoms with Crippen molar-refractivity contribution in [1.82, 2.24) is 0 Å². The molecule has 0 unspecified atom stereocenters. The third kappa shape index (κ3) is 3.66. The number of carbonyl (C=O) groups excluding carboxylic acids is 1. The number of rotatable bonds is 2. The van der Waals surface area contributed by atoms with E-state index in [1.165, 1.54) is 0 Å². The van der Waals surface area contributed by atoms with E-state index >= 15 is 0 Å². The molecule has 2 nitrogen and oxygen atoms in total. The van der Waals surface area contributed by atoms with Gasteiger partial charge in [0.05, 0.1) is 0 Å². The average molecular weight is 198 g/mol. The summed E-state index contributed by atoms with van der Waals surface area (Å²) in [6.45, 7) is 3.84. The Kier molecular flexibility index (Phi) is 5.77. The molecule has 0 N–H and O–H groups in total. The summed E-state index contributed by atoms with van der Waals surface area (Å²) < 4.78 is 0. The minimum Gasteiger partial charge on any atom is -0.878 e. The number of carbonyl (C=O) groups is 1. The Morgan fingerprint density at radius 2 is 1.71 bits per heavy atom. The molecule has 14 heavy (non-hydrogen) atoms. The molecule has 0 atom stereocenters. The fraction of sp³-hybridized carbons (Fsp3) is 0.182. The number of allylic oxidation sites excluding steroid dienone is 1. The predicted molar refractivity (Wildman–Crippen MR) is 49.4 cm³/mol. The van der Waals surface area contributed by atoms with Gasteiger partial charge in [0.1, 0.15) is 0 Å². The standard InChI is InChI=1S/C11H12O2.Na/c1-8-5-9(2)7-10(6-8)11(13)3-4-12;/h3-7,12H,1-2H3;/q;+1/p-1/b4-3+;. The van der Waals surface area contributed by atoms with Crippen molar-refractivity contribution in [2.24, 2.45) is 0 Å². The van der Waals surface area contributed by atoms with Gasteiger partial charge in [-0.15, -0.1) is 6.26 Å². The van der Waals surface area contributed by atoms with Gasteiger partial charge in [-0.2, -0.15) is 0 Å². The quantitative estimate of drug-likeness (QED) is 0.247. The van der Waals surface area contributed by atoms with Crippen LogP contribution in [0, 0.1) is 13.8 Å². The minimum atomic E-state index is -0.234. The second-order valence-electron chi connectivity index (χ2n) is 3.04. The maximum Gasteiger partial charge on any atom is 1.00 e. The molecule has 0 amide bonds. The Balaban J connectivity index is 0.00000169. The molecule has 0 saturated heterocycles. The van der Waals surface area contributed by atoms with Crippen LogP contribution in [0.25, 0.3) is 0 Å². The topological polar surface area (TPSA) is 40.1 Å². The Morgan fingerprint density at radius 3 is 2.14 bits per heavy atom. The summed E-state index contributed by atoms with van der Waals surface area (Å²) in [5.41, 5.74) is 2.63. The molecule has 0 aliphatic carbocycles. The summed E-state index contributed by atoms with van der Waals surface area (Å²) in [6, 6.07) is 5.53. The van der Waals surface area contributed by atoms with Gasteiger partial charge in [-0.25, -0.2) is 0 Å². The largest absolute Gasteiger partial charge is 1.00 e. The summed E-state index contributed by atoms with van der Waals surface area (Å²) in [5.74, 6) is -0.234. The van der Waals surface area contributed by atoms with Gasteiger partial charge >= 0.3 is 29.6 Å². The first-order valence-electron chi connectivity index (χ1n) is 4.04. The van der Waals surface area contributed by atoms with Gasteiger partial charge in [0.15, 0.2) is 5.78 Å². The third-order valence-corrected chi connectivity index (χ3v) is 1.73. The van der Waals surface area contributed by atoms with Crippen LogP contribution in [0.4, 0.5) is 0 Å². The SMILES string of the molecule is Cc1cc(C)cc(C(=O)/C=C/[O-])c1.[Na+]. The maximum absolute atomic E-state index is 11.3. The monoisotopic (exact) mass is 198 g/mol. The number of ketones is 1. The van der Waals surface area contributed by atoms with Crippen molar-refractivity contribution in [1.29, 1.82) is 0 Å². The van der Waals surface area contributed by atoms with Gasteiger partial charge in [0, 0.05) is 5.56 Å². The van der Waals surface area contributed by atoms with Crippen LogP contribution >= 0.6 is 0 Å². The number of benzene rings is 1. The van der Waals surface area contributed by atoms with Gasteiger partial charge in [0.25, 0.3) is 0 Å². The van der Waals surface area contributed by atoms with E-state index in [0.29, 0.717) is 11.8 Å². The summed E-state index contributed by atoms with van der Waals surface area (Å²) in [6.07, 6.45) is 1.55. The Morgan fingerprint density at radius 1 is 1.21 bits per heavy atom. The molecule has 0 radical (unpaired) electrons. The van der Waals surface area contributed by atoms with Gasteiger partial charge in [-0.05, 0) is 32.1 Å². The first-order chi connectivity index (χ1) is 6.13. The molecular formula is C11H11NaO2. The van der Waals surface area contributed by atoms with E-state index in [1.54, 1.807) is 12.1 Å².